The summed E-state index contributed by atoms with van der Waals surface area (Å²) in [7, 11) is -4.08. The molecule has 0 spiro atoms. The minimum Gasteiger partial charge on any atom is -0.132 e. The highest BCUT2D eigenvalue weighted by atomic mass is 28.3. The van der Waals surface area contributed by atoms with Crippen LogP contribution in [0.25, 0.3) is 6.08 Å². The molecule has 0 heterocycles. The van der Waals surface area contributed by atoms with Crippen LogP contribution in [-0.4, -0.2) is 24.2 Å². The molecule has 0 aromatic heterocycles. The van der Waals surface area contributed by atoms with Crippen molar-refractivity contribution in [2.45, 2.75) is 95.1 Å². The van der Waals surface area contributed by atoms with Crippen molar-refractivity contribution < 1.29 is 0 Å². The second-order valence-corrected chi connectivity index (χ2v) is 26.0. The third kappa shape index (κ3) is 6.90. The normalized spacial score (nSPS) is 18.0. The van der Waals surface area contributed by atoms with E-state index in [9.17, 15) is 0 Å². The van der Waals surface area contributed by atoms with Crippen LogP contribution in [0.2, 0.25) is 63.0 Å². The van der Waals surface area contributed by atoms with E-state index >= 15 is 0 Å². The molecule has 3 heteroatoms. The second kappa shape index (κ2) is 9.32. The lowest BCUT2D eigenvalue weighted by Gasteiger charge is -2.46. The molecular formula is C25H42Si3. The molecule has 0 amide bonds. The maximum Gasteiger partial charge on any atom is 0.129 e. The van der Waals surface area contributed by atoms with Crippen LogP contribution in [0.3, 0.4) is 0 Å². The second-order valence-electron chi connectivity index (χ2n) is 11.3. The van der Waals surface area contributed by atoms with E-state index in [1.54, 1.807) is 0 Å². The van der Waals surface area contributed by atoms with Crippen LogP contribution in [-0.2, 0) is 0 Å². The van der Waals surface area contributed by atoms with Gasteiger partial charge in [-0.05, 0) is 18.4 Å². The molecule has 0 N–H and O–H groups in total. The standard InChI is InChI=1S/C25H42Si3/c1-26(2,3)21-19-25(17-12-9-13-18-25)28(6,7)23-22-27(4,5)20-16-24-14-10-8-11-15-24/h8,10-11,14-16,20H,9,12-13,17-18,22-23H2,1-7H3/b20-16+. The Morgan fingerprint density at radius 2 is 1.46 bits per heavy atom. The van der Waals surface area contributed by atoms with Crippen LogP contribution < -0.4 is 0 Å². The summed E-state index contributed by atoms with van der Waals surface area (Å²) in [5.74, 6) is 3.98. The van der Waals surface area contributed by atoms with Gasteiger partial charge in [0.05, 0.1) is 16.1 Å². The number of rotatable bonds is 6. The lowest BCUT2D eigenvalue weighted by molar-refractivity contribution is 0.431. The highest BCUT2D eigenvalue weighted by Gasteiger charge is 2.46. The van der Waals surface area contributed by atoms with E-state index in [0.29, 0.717) is 5.04 Å². The van der Waals surface area contributed by atoms with Crippen LogP contribution in [0, 0.1) is 11.5 Å². The van der Waals surface area contributed by atoms with Crippen LogP contribution in [0.1, 0.15) is 37.7 Å². The van der Waals surface area contributed by atoms with E-state index in [1.807, 2.05) is 0 Å². The van der Waals surface area contributed by atoms with E-state index in [2.05, 4.69) is 99.4 Å². The fourth-order valence-electron chi connectivity index (χ4n) is 4.28. The van der Waals surface area contributed by atoms with Crippen molar-refractivity contribution in [3.8, 4) is 11.5 Å². The Labute approximate surface area is 178 Å². The lowest BCUT2D eigenvalue weighted by Crippen LogP contribution is -2.44. The van der Waals surface area contributed by atoms with Crippen molar-refractivity contribution in [2.24, 2.45) is 0 Å². The monoisotopic (exact) mass is 426 g/mol. The van der Waals surface area contributed by atoms with Gasteiger partial charge in [0.25, 0.3) is 0 Å². The maximum absolute atomic E-state index is 3.98. The highest BCUT2D eigenvalue weighted by Crippen LogP contribution is 2.52. The Morgan fingerprint density at radius 3 is 2.04 bits per heavy atom. The van der Waals surface area contributed by atoms with Crippen LogP contribution in [0.15, 0.2) is 36.0 Å². The molecule has 1 fully saturated rings. The Balaban J connectivity index is 2.14. The topological polar surface area (TPSA) is 0 Å². The number of hydrogen-bond donors (Lipinski definition) is 0. The van der Waals surface area contributed by atoms with Gasteiger partial charge in [0.15, 0.2) is 0 Å². The smallest absolute Gasteiger partial charge is 0.129 e. The number of benzene rings is 1. The molecule has 0 nitrogen and oxygen atoms in total. The van der Waals surface area contributed by atoms with Crippen molar-refractivity contribution in [2.75, 3.05) is 0 Å². The molecule has 0 unspecified atom stereocenters. The van der Waals surface area contributed by atoms with Crippen molar-refractivity contribution in [3.05, 3.63) is 41.6 Å². The average molecular weight is 427 g/mol. The highest BCUT2D eigenvalue weighted by molar-refractivity contribution is 6.87. The van der Waals surface area contributed by atoms with Crippen LogP contribution in [0.4, 0.5) is 0 Å². The zero-order valence-corrected chi connectivity index (χ0v) is 22.5. The van der Waals surface area contributed by atoms with Gasteiger partial charge >= 0.3 is 0 Å². The molecule has 1 aliphatic rings. The zero-order valence-electron chi connectivity index (χ0n) is 19.5. The van der Waals surface area contributed by atoms with Gasteiger partial charge in [0.2, 0.25) is 0 Å². The summed E-state index contributed by atoms with van der Waals surface area (Å²) in [5.41, 5.74) is 7.70. The number of hydrogen-bond acceptors (Lipinski definition) is 0. The van der Waals surface area contributed by atoms with Crippen LogP contribution in [0.5, 0.6) is 0 Å². The third-order valence-corrected chi connectivity index (χ3v) is 15.3. The molecule has 1 saturated carbocycles. The van der Waals surface area contributed by atoms with Crippen molar-refractivity contribution >= 4 is 30.3 Å². The summed E-state index contributed by atoms with van der Waals surface area (Å²) in [6, 6.07) is 13.6. The Morgan fingerprint density at radius 1 is 0.857 bits per heavy atom. The minimum atomic E-state index is -1.42. The first-order valence-electron chi connectivity index (χ1n) is 11.2. The van der Waals surface area contributed by atoms with Crippen molar-refractivity contribution in [1.82, 2.24) is 0 Å². The molecule has 0 radical (unpaired) electrons. The molecule has 0 saturated heterocycles. The van der Waals surface area contributed by atoms with Crippen LogP contribution >= 0.6 is 0 Å². The molecule has 0 aliphatic heterocycles. The summed E-state index contributed by atoms with van der Waals surface area (Å²) < 4.78 is 0. The van der Waals surface area contributed by atoms with Gasteiger partial charge in [-0.25, -0.2) is 0 Å². The molecule has 2 rings (SSSR count). The van der Waals surface area contributed by atoms with E-state index in [-0.39, 0.29) is 0 Å². The minimum absolute atomic E-state index is 0.374. The summed E-state index contributed by atoms with van der Waals surface area (Å²) in [6.45, 7) is 17.6. The lowest BCUT2D eigenvalue weighted by atomic mass is 9.89. The fraction of sp³-hybridized carbons (Fsp3) is 0.600. The van der Waals surface area contributed by atoms with Gasteiger partial charge in [0.1, 0.15) is 8.07 Å². The van der Waals surface area contributed by atoms with Gasteiger partial charge in [-0.2, -0.15) is 0 Å². The maximum atomic E-state index is 3.98. The Hall–Kier alpha value is -0.829. The van der Waals surface area contributed by atoms with Gasteiger partial charge < -0.3 is 0 Å². The molecule has 1 aromatic carbocycles. The summed E-state index contributed by atoms with van der Waals surface area (Å²) >= 11 is 0. The van der Waals surface area contributed by atoms with Gasteiger partial charge in [-0.1, -0.05) is 119 Å². The van der Waals surface area contributed by atoms with Gasteiger partial charge in [-0.15, -0.1) is 11.5 Å². The predicted molar refractivity (Wildman–Crippen MR) is 137 cm³/mol. The van der Waals surface area contributed by atoms with E-state index in [0.717, 1.165) is 0 Å². The van der Waals surface area contributed by atoms with E-state index < -0.39 is 24.2 Å². The SMILES string of the molecule is C[Si](C)(C)C#CC1([Si](C)(C)CC[Si](C)(C)/C=C/c2ccccc2)CCCCC1. The molecule has 154 valence electrons. The largest absolute Gasteiger partial charge is 0.132 e. The van der Waals surface area contributed by atoms with Gasteiger partial charge in [-0.3, -0.25) is 0 Å². The predicted octanol–water partition coefficient (Wildman–Crippen LogP) is 8.24. The Bertz CT molecular complexity index is 706. The summed E-state index contributed by atoms with van der Waals surface area (Å²) in [5, 5.41) is 0.374. The molecule has 0 atom stereocenters. The third-order valence-electron chi connectivity index (χ3n) is 6.60. The molecule has 28 heavy (non-hydrogen) atoms. The zero-order chi connectivity index (χ0) is 20.9. The average Bonchev–Trinajstić information content (AvgIpc) is 2.64. The quantitative estimate of drug-likeness (QED) is 0.317. The first kappa shape index (κ1) is 23.4. The van der Waals surface area contributed by atoms with E-state index in [4.69, 9.17) is 0 Å². The van der Waals surface area contributed by atoms with E-state index in [1.165, 1.54) is 49.8 Å². The summed E-state index contributed by atoms with van der Waals surface area (Å²) in [4.78, 5) is 0. The Kier molecular flexibility index (Phi) is 7.81. The molecule has 1 aliphatic carbocycles. The molecule has 0 bridgehead atoms. The molecular weight excluding hydrogens is 385 g/mol. The van der Waals surface area contributed by atoms with Crippen molar-refractivity contribution in [1.29, 1.82) is 0 Å². The first-order valence-corrected chi connectivity index (χ1v) is 21.2. The molecule has 1 aromatic rings. The van der Waals surface area contributed by atoms with Crippen molar-refractivity contribution in [3.63, 3.8) is 0 Å². The first-order chi connectivity index (χ1) is 12.9. The summed E-state index contributed by atoms with van der Waals surface area (Å²) in [6.07, 6.45) is 9.30. The van der Waals surface area contributed by atoms with Gasteiger partial charge in [0, 0.05) is 5.04 Å². The fourth-order valence-corrected chi connectivity index (χ4v) is 13.5.